The van der Waals surface area contributed by atoms with Gasteiger partial charge in [0.1, 0.15) is 19.3 Å². The van der Waals surface area contributed by atoms with Crippen molar-refractivity contribution in [3.05, 3.63) is 24.6 Å². The molecule has 0 aliphatic carbocycles. The van der Waals surface area contributed by atoms with E-state index >= 15 is 0 Å². The first kappa shape index (κ1) is 26.6. The Morgan fingerprint density at radius 3 is 2.10 bits per heavy atom. The highest BCUT2D eigenvalue weighted by atomic mass is 16.4. The molecule has 172 valence electrons. The Morgan fingerprint density at radius 1 is 0.967 bits per heavy atom. The fourth-order valence-corrected chi connectivity index (χ4v) is 4.15. The maximum Gasteiger partial charge on any atom is 0.207 e. The lowest BCUT2D eigenvalue weighted by atomic mass is 10.1. The second-order valence-corrected chi connectivity index (χ2v) is 8.61. The Kier molecular flexibility index (Phi) is 15.3. The molecule has 30 heavy (non-hydrogen) atoms. The molecular weight excluding hydrogens is 374 g/mol. The van der Waals surface area contributed by atoms with E-state index in [-0.39, 0.29) is 11.0 Å². The van der Waals surface area contributed by atoms with Gasteiger partial charge in [-0.25, -0.2) is 9.48 Å². The van der Waals surface area contributed by atoms with Gasteiger partial charge >= 0.3 is 0 Å². The summed E-state index contributed by atoms with van der Waals surface area (Å²) in [6.45, 7) is 3.19. The standard InChI is InChI=1S/C25H45N3O2/c1-2-3-4-5-6-7-8-9-10-11-12-13-14-15-16-17-18-24-27-20-22-28(24,21-19-26)23-25(29)30/h7-8,20,22H,2-6,9-19,21,23,26H2,1H3/b8-7+. The van der Waals surface area contributed by atoms with Gasteiger partial charge in [-0.1, -0.05) is 76.9 Å². The van der Waals surface area contributed by atoms with Crippen molar-refractivity contribution in [2.75, 3.05) is 19.6 Å². The van der Waals surface area contributed by atoms with Crippen molar-refractivity contribution in [2.45, 2.75) is 103 Å². The smallest absolute Gasteiger partial charge is 0.207 e. The molecule has 1 heterocycles. The molecule has 5 heteroatoms. The Labute approximate surface area is 184 Å². The Hall–Kier alpha value is -1.46. The van der Waals surface area contributed by atoms with Gasteiger partial charge in [-0.2, -0.15) is 0 Å². The van der Waals surface area contributed by atoms with Crippen LogP contribution < -0.4 is 10.8 Å². The molecule has 0 bridgehead atoms. The molecule has 0 aromatic rings. The van der Waals surface area contributed by atoms with E-state index in [2.05, 4.69) is 24.1 Å². The van der Waals surface area contributed by atoms with E-state index in [0.29, 0.717) is 13.1 Å². The number of nitrogens with zero attached hydrogens (tertiary/aromatic N) is 2. The van der Waals surface area contributed by atoms with Crippen LogP contribution in [0.3, 0.4) is 0 Å². The molecule has 0 fully saturated rings. The minimum absolute atomic E-state index is 0.0689. The van der Waals surface area contributed by atoms with Gasteiger partial charge < -0.3 is 15.6 Å². The fourth-order valence-electron chi connectivity index (χ4n) is 4.15. The van der Waals surface area contributed by atoms with Gasteiger partial charge in [-0.05, 0) is 32.1 Å². The largest absolute Gasteiger partial charge is 0.544 e. The molecule has 2 N–H and O–H groups in total. The van der Waals surface area contributed by atoms with Gasteiger partial charge in [0.25, 0.3) is 0 Å². The van der Waals surface area contributed by atoms with Crippen LogP contribution in [0.25, 0.3) is 0 Å². The number of carboxylic acid groups (broad SMARTS) is 1. The summed E-state index contributed by atoms with van der Waals surface area (Å²) in [5, 5.41) is 11.1. The third-order valence-electron chi connectivity index (χ3n) is 5.94. The molecule has 1 aliphatic heterocycles. The monoisotopic (exact) mass is 419 g/mol. The highest BCUT2D eigenvalue weighted by molar-refractivity contribution is 5.80. The summed E-state index contributed by atoms with van der Waals surface area (Å²) < 4.78 is 0.242. The Morgan fingerprint density at radius 2 is 1.53 bits per heavy atom. The van der Waals surface area contributed by atoms with Gasteiger partial charge in [0.2, 0.25) is 5.84 Å². The zero-order valence-corrected chi connectivity index (χ0v) is 19.3. The molecule has 0 spiro atoms. The summed E-state index contributed by atoms with van der Waals surface area (Å²) >= 11 is 0. The van der Waals surface area contributed by atoms with Gasteiger partial charge in [-0.15, -0.1) is 0 Å². The highest BCUT2D eigenvalue weighted by Crippen LogP contribution is 2.21. The van der Waals surface area contributed by atoms with Crippen molar-refractivity contribution in [2.24, 2.45) is 10.7 Å². The van der Waals surface area contributed by atoms with Gasteiger partial charge in [0, 0.05) is 13.0 Å². The van der Waals surface area contributed by atoms with E-state index in [1.54, 1.807) is 6.20 Å². The minimum Gasteiger partial charge on any atom is -0.544 e. The van der Waals surface area contributed by atoms with E-state index in [9.17, 15) is 9.90 Å². The van der Waals surface area contributed by atoms with Gasteiger partial charge in [0.15, 0.2) is 0 Å². The lowest BCUT2D eigenvalue weighted by Crippen LogP contribution is -2.55. The third-order valence-corrected chi connectivity index (χ3v) is 5.94. The van der Waals surface area contributed by atoms with Gasteiger partial charge in [0.05, 0.1) is 12.2 Å². The average molecular weight is 420 g/mol. The van der Waals surface area contributed by atoms with Crippen molar-refractivity contribution in [1.82, 2.24) is 0 Å². The van der Waals surface area contributed by atoms with Crippen molar-refractivity contribution in [3.8, 4) is 0 Å². The molecule has 0 saturated heterocycles. The summed E-state index contributed by atoms with van der Waals surface area (Å²) in [6.07, 6.45) is 27.1. The zero-order chi connectivity index (χ0) is 21.9. The fraction of sp³-hybridized carbons (Fsp3) is 0.760. The van der Waals surface area contributed by atoms with Crippen LogP contribution in [0, 0.1) is 0 Å². The molecule has 0 aromatic carbocycles. The first-order chi connectivity index (χ1) is 14.6. The number of carbonyl (C=O) groups excluding carboxylic acids is 1. The predicted molar refractivity (Wildman–Crippen MR) is 125 cm³/mol. The first-order valence-electron chi connectivity index (χ1n) is 12.3. The number of rotatable bonds is 20. The molecular formula is C25H45N3O2. The molecule has 0 aromatic heterocycles. The average Bonchev–Trinajstić information content (AvgIpc) is 3.09. The van der Waals surface area contributed by atoms with Crippen molar-refractivity contribution < 1.29 is 14.4 Å². The van der Waals surface area contributed by atoms with E-state index < -0.39 is 5.97 Å². The molecule has 5 nitrogen and oxygen atoms in total. The second-order valence-electron chi connectivity index (χ2n) is 8.61. The summed E-state index contributed by atoms with van der Waals surface area (Å²) in [4.78, 5) is 15.6. The van der Waals surface area contributed by atoms with Crippen LogP contribution in [0.5, 0.6) is 0 Å². The number of amidine groups is 1. The molecule has 0 amide bonds. The molecule has 1 aliphatic rings. The van der Waals surface area contributed by atoms with E-state index in [4.69, 9.17) is 5.73 Å². The summed E-state index contributed by atoms with van der Waals surface area (Å²) in [7, 11) is 0. The van der Waals surface area contributed by atoms with Crippen molar-refractivity contribution >= 4 is 11.8 Å². The van der Waals surface area contributed by atoms with Crippen LogP contribution >= 0.6 is 0 Å². The lowest BCUT2D eigenvalue weighted by molar-refractivity contribution is -0.780. The maximum atomic E-state index is 11.1. The van der Waals surface area contributed by atoms with Crippen LogP contribution in [0.2, 0.25) is 0 Å². The predicted octanol–water partition coefficient (Wildman–Crippen LogP) is 4.82. The van der Waals surface area contributed by atoms with Crippen LogP contribution in [-0.2, 0) is 4.79 Å². The second kappa shape index (κ2) is 17.2. The van der Waals surface area contributed by atoms with E-state index in [1.807, 2.05) is 6.20 Å². The van der Waals surface area contributed by atoms with Crippen molar-refractivity contribution in [1.29, 1.82) is 0 Å². The number of unbranched alkanes of at least 4 members (excludes halogenated alkanes) is 12. The highest BCUT2D eigenvalue weighted by Gasteiger charge is 2.34. The van der Waals surface area contributed by atoms with Crippen LogP contribution in [0.1, 0.15) is 103 Å². The summed E-state index contributed by atoms with van der Waals surface area (Å²) in [5.74, 6) is -0.131. The van der Waals surface area contributed by atoms with E-state index in [0.717, 1.165) is 18.7 Å². The SMILES string of the molecule is CCCCCC/C=C/CCCCCCCCCCC1=NC=C[N+]1(CCN)CC(=O)[O-]. The van der Waals surface area contributed by atoms with Crippen LogP contribution in [0.15, 0.2) is 29.5 Å². The number of hydrogen-bond acceptors (Lipinski definition) is 4. The number of aliphatic imine (C=N–C) groups is 1. The van der Waals surface area contributed by atoms with Crippen LogP contribution in [0.4, 0.5) is 0 Å². The normalized spacial score (nSPS) is 18.4. The lowest BCUT2D eigenvalue weighted by Gasteiger charge is -2.32. The Balaban J connectivity index is 1.99. The van der Waals surface area contributed by atoms with Crippen molar-refractivity contribution in [3.63, 3.8) is 0 Å². The maximum absolute atomic E-state index is 11.1. The summed E-state index contributed by atoms with van der Waals surface area (Å²) in [5.41, 5.74) is 5.70. The zero-order valence-electron chi connectivity index (χ0n) is 19.3. The quantitative estimate of drug-likeness (QED) is 0.174. The number of carbonyl (C=O) groups is 1. The molecule has 1 atom stereocenters. The number of nitrogens with two attached hydrogens (primary N) is 1. The third kappa shape index (κ3) is 11.7. The number of aliphatic carboxylic acids is 1. The first-order valence-corrected chi connectivity index (χ1v) is 12.3. The minimum atomic E-state index is -1.05. The van der Waals surface area contributed by atoms with Gasteiger partial charge in [-0.3, -0.25) is 0 Å². The number of allylic oxidation sites excluding steroid dienone is 2. The number of hydrogen-bond donors (Lipinski definition) is 1. The number of carboxylic acids is 1. The van der Waals surface area contributed by atoms with Crippen LogP contribution in [-0.4, -0.2) is 35.9 Å². The molecule has 1 unspecified atom stereocenters. The molecule has 0 saturated carbocycles. The Bertz CT molecular complexity index is 543. The number of quaternary nitrogens is 1. The topological polar surface area (TPSA) is 78.5 Å². The van der Waals surface area contributed by atoms with E-state index in [1.165, 1.54) is 83.5 Å². The molecule has 1 rings (SSSR count). The summed E-state index contributed by atoms with van der Waals surface area (Å²) in [6, 6.07) is 0. The molecule has 0 radical (unpaired) electrons.